The third-order valence-corrected chi connectivity index (χ3v) is 5.50. The van der Waals surface area contributed by atoms with Gasteiger partial charge in [-0.2, -0.15) is 13.2 Å². The normalized spacial score (nSPS) is 12.1. The minimum atomic E-state index is -4.91. The van der Waals surface area contributed by atoms with E-state index >= 15 is 0 Å². The van der Waals surface area contributed by atoms with Gasteiger partial charge in [0.15, 0.2) is 10.2 Å². The lowest BCUT2D eigenvalue weighted by molar-refractivity contribution is -0.141. The van der Waals surface area contributed by atoms with Crippen LogP contribution in [-0.4, -0.2) is 20.8 Å². The van der Waals surface area contributed by atoms with Gasteiger partial charge in [0.1, 0.15) is 16.9 Å². The molecule has 0 saturated heterocycles. The first-order valence-corrected chi connectivity index (χ1v) is 8.82. The molecule has 1 N–H and O–H groups in total. The summed E-state index contributed by atoms with van der Waals surface area (Å²) in [5.41, 5.74) is -4.59. The van der Waals surface area contributed by atoms with E-state index in [-0.39, 0.29) is 21.3 Å². The molecule has 132 valence electrons. The number of H-pyrrole nitrogens is 1. The van der Waals surface area contributed by atoms with Crippen molar-refractivity contribution in [2.75, 3.05) is 6.26 Å². The molecular formula is C13H6ClF4N3O2S2. The minimum absolute atomic E-state index is 0.0378. The van der Waals surface area contributed by atoms with E-state index in [2.05, 4.69) is 4.98 Å². The van der Waals surface area contributed by atoms with Crippen molar-refractivity contribution < 1.29 is 17.6 Å². The van der Waals surface area contributed by atoms with Crippen molar-refractivity contribution in [2.24, 2.45) is 0 Å². The zero-order chi connectivity index (χ0) is 18.5. The summed E-state index contributed by atoms with van der Waals surface area (Å²) >= 11 is 8.13. The number of rotatable bonds is 2. The van der Waals surface area contributed by atoms with E-state index in [0.29, 0.717) is 8.91 Å². The highest BCUT2D eigenvalue weighted by molar-refractivity contribution is 8.00. The van der Waals surface area contributed by atoms with Gasteiger partial charge in [-0.3, -0.25) is 4.79 Å². The average molecular weight is 412 g/mol. The molecule has 0 aliphatic rings. The average Bonchev–Trinajstić information content (AvgIpc) is 2.93. The van der Waals surface area contributed by atoms with Gasteiger partial charge in [0, 0.05) is 6.07 Å². The lowest BCUT2D eigenvalue weighted by atomic mass is 10.2. The minimum Gasteiger partial charge on any atom is -0.303 e. The molecule has 0 aliphatic carbocycles. The van der Waals surface area contributed by atoms with Gasteiger partial charge in [-0.15, -0.1) is 11.3 Å². The lowest BCUT2D eigenvalue weighted by Gasteiger charge is -2.10. The Bertz CT molecular complexity index is 1070. The van der Waals surface area contributed by atoms with E-state index in [0.717, 1.165) is 17.4 Å². The van der Waals surface area contributed by atoms with Crippen molar-refractivity contribution in [1.82, 2.24) is 14.5 Å². The number of hydrogen-bond acceptors (Lipinski definition) is 5. The van der Waals surface area contributed by atoms with Gasteiger partial charge in [0.2, 0.25) is 0 Å². The van der Waals surface area contributed by atoms with Crippen molar-refractivity contribution in [2.45, 2.75) is 10.5 Å². The van der Waals surface area contributed by atoms with Gasteiger partial charge in [-0.1, -0.05) is 23.4 Å². The van der Waals surface area contributed by atoms with Crippen molar-refractivity contribution in [1.29, 1.82) is 0 Å². The molecule has 12 heteroatoms. The number of alkyl halides is 3. The summed E-state index contributed by atoms with van der Waals surface area (Å²) in [5.74, 6) is -1.03. The fraction of sp³-hybridized carbons (Fsp3) is 0.154. The van der Waals surface area contributed by atoms with Crippen molar-refractivity contribution in [3.05, 3.63) is 49.5 Å². The van der Waals surface area contributed by atoms with Crippen molar-refractivity contribution in [3.63, 3.8) is 0 Å². The van der Waals surface area contributed by atoms with E-state index in [1.54, 1.807) is 11.2 Å². The fourth-order valence-electron chi connectivity index (χ4n) is 2.13. The Kier molecular flexibility index (Phi) is 4.41. The zero-order valence-corrected chi connectivity index (χ0v) is 14.5. The highest BCUT2D eigenvalue weighted by Crippen LogP contribution is 2.37. The zero-order valence-electron chi connectivity index (χ0n) is 12.1. The fourth-order valence-corrected chi connectivity index (χ4v) is 4.04. The monoisotopic (exact) mass is 411 g/mol. The van der Waals surface area contributed by atoms with Gasteiger partial charge in [-0.05, 0) is 12.3 Å². The number of aromatic nitrogens is 3. The van der Waals surface area contributed by atoms with Gasteiger partial charge in [-0.25, -0.2) is 18.7 Å². The summed E-state index contributed by atoms with van der Waals surface area (Å²) < 4.78 is 53.4. The van der Waals surface area contributed by atoms with Crippen LogP contribution >= 0.6 is 34.7 Å². The molecule has 2 aromatic heterocycles. The van der Waals surface area contributed by atoms with Gasteiger partial charge in [0.25, 0.3) is 5.56 Å². The first-order valence-electron chi connectivity index (χ1n) is 6.40. The van der Waals surface area contributed by atoms with Gasteiger partial charge in [0.05, 0.1) is 9.72 Å². The predicted octanol–water partition coefficient (Wildman–Crippen LogP) is 3.67. The molecule has 0 bridgehead atoms. The number of benzene rings is 1. The van der Waals surface area contributed by atoms with Crippen LogP contribution < -0.4 is 11.2 Å². The number of aromatic amines is 1. The summed E-state index contributed by atoms with van der Waals surface area (Å²) in [7, 11) is 0. The Morgan fingerprint density at radius 1 is 1.32 bits per heavy atom. The van der Waals surface area contributed by atoms with Crippen LogP contribution in [0.3, 0.4) is 0 Å². The Morgan fingerprint density at radius 2 is 2.00 bits per heavy atom. The molecule has 0 aliphatic heterocycles. The molecule has 25 heavy (non-hydrogen) atoms. The maximum atomic E-state index is 14.4. The van der Waals surface area contributed by atoms with Crippen LogP contribution in [0, 0.1) is 5.82 Å². The van der Waals surface area contributed by atoms with Crippen LogP contribution in [0.1, 0.15) is 5.69 Å². The van der Waals surface area contributed by atoms with Crippen LogP contribution in [0.15, 0.2) is 26.1 Å². The Labute approximate surface area is 149 Å². The summed E-state index contributed by atoms with van der Waals surface area (Å²) in [5, 5.41) is -0.0378. The standard InChI is InChI=1S/C13H6ClF4N3O2S2/c1-24-12-20-8-4(14)2-5(15)9(10(8)25-12)21-7(22)3-6(13(16,17)18)19-11(21)23/h2-3H,1H3,(H,19,23). The SMILES string of the molecule is CSc1nc2c(Cl)cc(F)c(-n3c(=O)cc(C(F)(F)F)[nH]c3=O)c2s1. The molecule has 2 heterocycles. The molecule has 0 unspecified atom stereocenters. The van der Waals surface area contributed by atoms with Crippen LogP contribution in [-0.2, 0) is 6.18 Å². The summed E-state index contributed by atoms with van der Waals surface area (Å²) in [6.07, 6.45) is -3.21. The summed E-state index contributed by atoms with van der Waals surface area (Å²) in [6.45, 7) is 0. The van der Waals surface area contributed by atoms with Crippen LogP contribution in [0.5, 0.6) is 0 Å². The molecule has 0 amide bonds. The van der Waals surface area contributed by atoms with Crippen molar-refractivity contribution in [3.8, 4) is 5.69 Å². The highest BCUT2D eigenvalue weighted by atomic mass is 35.5. The number of halogens is 5. The Morgan fingerprint density at radius 3 is 2.56 bits per heavy atom. The maximum Gasteiger partial charge on any atom is 0.431 e. The smallest absolute Gasteiger partial charge is 0.303 e. The first-order chi connectivity index (χ1) is 11.6. The molecule has 0 radical (unpaired) electrons. The quantitative estimate of drug-likeness (QED) is 0.516. The molecule has 1 aromatic carbocycles. The second-order valence-electron chi connectivity index (χ2n) is 4.71. The number of fused-ring (bicyclic) bond motifs is 1. The van der Waals surface area contributed by atoms with E-state index in [1.165, 1.54) is 11.8 Å². The summed E-state index contributed by atoms with van der Waals surface area (Å²) in [6, 6.07) is 1.05. The second kappa shape index (κ2) is 6.15. The van der Waals surface area contributed by atoms with Gasteiger partial charge < -0.3 is 4.98 Å². The number of nitrogens with zero attached hydrogens (tertiary/aromatic N) is 2. The number of hydrogen-bond donors (Lipinski definition) is 1. The number of nitrogens with one attached hydrogen (secondary N) is 1. The largest absolute Gasteiger partial charge is 0.431 e. The molecule has 0 spiro atoms. The maximum absolute atomic E-state index is 14.4. The van der Waals surface area contributed by atoms with E-state index in [4.69, 9.17) is 11.6 Å². The molecular weight excluding hydrogens is 406 g/mol. The van der Waals surface area contributed by atoms with E-state index in [1.807, 2.05) is 0 Å². The van der Waals surface area contributed by atoms with E-state index in [9.17, 15) is 27.2 Å². The molecule has 3 aromatic rings. The predicted molar refractivity (Wildman–Crippen MR) is 87.6 cm³/mol. The Balaban J connectivity index is 2.40. The summed E-state index contributed by atoms with van der Waals surface area (Å²) in [4.78, 5) is 29.8. The topological polar surface area (TPSA) is 67.8 Å². The first kappa shape index (κ1) is 18.0. The van der Waals surface area contributed by atoms with Crippen LogP contribution in [0.4, 0.5) is 17.6 Å². The molecule has 3 rings (SSSR count). The van der Waals surface area contributed by atoms with E-state index < -0.39 is 34.6 Å². The molecule has 0 saturated carbocycles. The lowest BCUT2D eigenvalue weighted by Crippen LogP contribution is -2.36. The van der Waals surface area contributed by atoms with Gasteiger partial charge >= 0.3 is 11.9 Å². The number of thioether (sulfide) groups is 1. The Hall–Kier alpha value is -1.85. The van der Waals surface area contributed by atoms with Crippen LogP contribution in [0.2, 0.25) is 5.02 Å². The third-order valence-electron chi connectivity index (χ3n) is 3.17. The van der Waals surface area contributed by atoms with Crippen molar-refractivity contribution >= 4 is 44.9 Å². The van der Waals surface area contributed by atoms with Crippen LogP contribution in [0.25, 0.3) is 15.9 Å². The third kappa shape index (κ3) is 3.07. The molecule has 0 fully saturated rings. The number of thiazole rings is 1. The second-order valence-corrected chi connectivity index (χ2v) is 7.17. The highest BCUT2D eigenvalue weighted by Gasteiger charge is 2.33. The molecule has 0 atom stereocenters. The molecule has 5 nitrogen and oxygen atoms in total.